The third-order valence-electron chi connectivity index (χ3n) is 3.17. The molecule has 0 radical (unpaired) electrons. The Labute approximate surface area is 114 Å². The minimum Gasteiger partial charge on any atom is -0.457 e. The van der Waals surface area contributed by atoms with Gasteiger partial charge in [0.05, 0.1) is 0 Å². The zero-order valence-electron chi connectivity index (χ0n) is 11.6. The van der Waals surface area contributed by atoms with E-state index in [0.717, 1.165) is 12.2 Å². The van der Waals surface area contributed by atoms with Gasteiger partial charge in [0, 0.05) is 0 Å². The van der Waals surface area contributed by atoms with Crippen LogP contribution < -0.4 is 4.74 Å². The molecule has 2 rings (SSSR count). The van der Waals surface area contributed by atoms with Crippen molar-refractivity contribution in [1.29, 1.82) is 0 Å². The summed E-state index contributed by atoms with van der Waals surface area (Å²) in [4.78, 5) is 0. The van der Waals surface area contributed by atoms with Gasteiger partial charge in [0.1, 0.15) is 17.3 Å². The van der Waals surface area contributed by atoms with Gasteiger partial charge in [-0.1, -0.05) is 26.8 Å². The molecule has 0 atom stereocenters. The lowest BCUT2D eigenvalue weighted by Gasteiger charge is -2.14. The van der Waals surface area contributed by atoms with E-state index in [0.29, 0.717) is 11.7 Å². The molecule has 2 aromatic rings. The third kappa shape index (κ3) is 3.34. The van der Waals surface area contributed by atoms with Crippen LogP contribution in [0, 0.1) is 5.82 Å². The highest BCUT2D eigenvalue weighted by Gasteiger charge is 2.07. The normalized spacial score (nSPS) is 10.8. The lowest BCUT2D eigenvalue weighted by Crippen LogP contribution is -1.96. The molecule has 0 saturated carbocycles. The number of benzene rings is 2. The fourth-order valence-corrected chi connectivity index (χ4v) is 2.15. The molecule has 0 saturated heterocycles. The predicted molar refractivity (Wildman–Crippen MR) is 76.4 cm³/mol. The van der Waals surface area contributed by atoms with E-state index >= 15 is 0 Å². The summed E-state index contributed by atoms with van der Waals surface area (Å²) in [6.45, 7) is 6.52. The summed E-state index contributed by atoms with van der Waals surface area (Å²) in [6, 6.07) is 12.2. The van der Waals surface area contributed by atoms with Crippen molar-refractivity contribution < 1.29 is 9.13 Å². The number of rotatable bonds is 4. The number of aryl methyl sites for hydroxylation is 1. The molecule has 19 heavy (non-hydrogen) atoms. The van der Waals surface area contributed by atoms with E-state index < -0.39 is 0 Å². The first kappa shape index (κ1) is 13.6. The zero-order chi connectivity index (χ0) is 13.8. The van der Waals surface area contributed by atoms with E-state index in [4.69, 9.17) is 4.74 Å². The van der Waals surface area contributed by atoms with Crippen molar-refractivity contribution >= 4 is 0 Å². The molecule has 1 nitrogen and oxygen atoms in total. The summed E-state index contributed by atoms with van der Waals surface area (Å²) in [7, 11) is 0. The smallest absolute Gasteiger partial charge is 0.127 e. The summed E-state index contributed by atoms with van der Waals surface area (Å²) in [6.07, 6.45) is 0.980. The van der Waals surface area contributed by atoms with E-state index in [9.17, 15) is 4.39 Å². The van der Waals surface area contributed by atoms with E-state index in [1.807, 2.05) is 6.07 Å². The van der Waals surface area contributed by atoms with Gasteiger partial charge in [-0.05, 0) is 59.9 Å². The Morgan fingerprint density at radius 2 is 1.63 bits per heavy atom. The first-order chi connectivity index (χ1) is 9.10. The molecule has 0 spiro atoms. The van der Waals surface area contributed by atoms with Gasteiger partial charge in [-0.3, -0.25) is 0 Å². The van der Waals surface area contributed by atoms with E-state index in [-0.39, 0.29) is 5.82 Å². The highest BCUT2D eigenvalue weighted by Crippen LogP contribution is 2.27. The molecule has 0 N–H and O–H groups in total. The van der Waals surface area contributed by atoms with Gasteiger partial charge in [0.2, 0.25) is 0 Å². The molecular formula is C17H19FO. The van der Waals surface area contributed by atoms with Crippen LogP contribution in [0.4, 0.5) is 4.39 Å². The molecule has 100 valence electrons. The summed E-state index contributed by atoms with van der Waals surface area (Å²) in [5.74, 6) is 1.71. The minimum atomic E-state index is -0.253. The van der Waals surface area contributed by atoms with Gasteiger partial charge >= 0.3 is 0 Å². The topological polar surface area (TPSA) is 9.23 Å². The van der Waals surface area contributed by atoms with E-state index in [1.165, 1.54) is 23.3 Å². The van der Waals surface area contributed by atoms with Gasteiger partial charge in [0.25, 0.3) is 0 Å². The molecule has 0 aliphatic rings. The second kappa shape index (κ2) is 5.87. The van der Waals surface area contributed by atoms with Crippen LogP contribution in [0.15, 0.2) is 42.5 Å². The van der Waals surface area contributed by atoms with Crippen molar-refractivity contribution in [2.45, 2.75) is 33.1 Å². The summed E-state index contributed by atoms with van der Waals surface area (Å²) in [5.41, 5.74) is 2.66. The minimum absolute atomic E-state index is 0.253. The number of halogens is 1. The Morgan fingerprint density at radius 3 is 2.21 bits per heavy atom. The Bertz CT molecular complexity index is 544. The highest BCUT2D eigenvalue weighted by atomic mass is 19.1. The van der Waals surface area contributed by atoms with Gasteiger partial charge < -0.3 is 4.74 Å². The second-order valence-corrected chi connectivity index (χ2v) is 4.92. The lowest BCUT2D eigenvalue weighted by atomic mass is 9.95. The van der Waals surface area contributed by atoms with Gasteiger partial charge in [-0.25, -0.2) is 4.39 Å². The first-order valence-electron chi connectivity index (χ1n) is 6.66. The van der Waals surface area contributed by atoms with Crippen LogP contribution in [0.2, 0.25) is 0 Å². The maximum atomic E-state index is 12.8. The van der Waals surface area contributed by atoms with Crippen molar-refractivity contribution in [3.05, 3.63) is 59.4 Å². The first-order valence-corrected chi connectivity index (χ1v) is 6.66. The SMILES string of the molecule is CCc1cc(Oc2ccc(F)cc2)ccc1C(C)C. The quantitative estimate of drug-likeness (QED) is 0.722. The number of hydrogen-bond donors (Lipinski definition) is 0. The average molecular weight is 258 g/mol. The second-order valence-electron chi connectivity index (χ2n) is 4.92. The average Bonchev–Trinajstić information content (AvgIpc) is 2.41. The van der Waals surface area contributed by atoms with Crippen molar-refractivity contribution in [2.75, 3.05) is 0 Å². The zero-order valence-corrected chi connectivity index (χ0v) is 11.6. The molecular weight excluding hydrogens is 239 g/mol. The maximum Gasteiger partial charge on any atom is 0.127 e. The fourth-order valence-electron chi connectivity index (χ4n) is 2.15. The van der Waals surface area contributed by atoms with Crippen molar-refractivity contribution in [2.24, 2.45) is 0 Å². The lowest BCUT2D eigenvalue weighted by molar-refractivity contribution is 0.479. The van der Waals surface area contributed by atoms with E-state index in [2.05, 4.69) is 32.9 Å². The van der Waals surface area contributed by atoms with Crippen LogP contribution in [0.5, 0.6) is 11.5 Å². The van der Waals surface area contributed by atoms with Crippen LogP contribution in [0.25, 0.3) is 0 Å². The Balaban J connectivity index is 2.24. The molecule has 0 aromatic heterocycles. The Hall–Kier alpha value is -1.83. The van der Waals surface area contributed by atoms with Crippen molar-refractivity contribution in [3.8, 4) is 11.5 Å². The molecule has 0 aliphatic heterocycles. The summed E-state index contributed by atoms with van der Waals surface area (Å²) in [5, 5.41) is 0. The van der Waals surface area contributed by atoms with Crippen LogP contribution in [-0.2, 0) is 6.42 Å². The fraction of sp³-hybridized carbons (Fsp3) is 0.294. The van der Waals surface area contributed by atoms with E-state index in [1.54, 1.807) is 12.1 Å². The third-order valence-corrected chi connectivity index (χ3v) is 3.17. The van der Waals surface area contributed by atoms with Crippen molar-refractivity contribution in [1.82, 2.24) is 0 Å². The number of ether oxygens (including phenoxy) is 1. The molecule has 0 bridgehead atoms. The Kier molecular flexibility index (Phi) is 4.20. The molecule has 0 unspecified atom stereocenters. The van der Waals surface area contributed by atoms with Crippen molar-refractivity contribution in [3.63, 3.8) is 0 Å². The molecule has 0 amide bonds. The van der Waals surface area contributed by atoms with Gasteiger partial charge in [-0.2, -0.15) is 0 Å². The van der Waals surface area contributed by atoms with Crippen LogP contribution in [-0.4, -0.2) is 0 Å². The summed E-state index contributed by atoms with van der Waals surface area (Å²) < 4.78 is 18.6. The highest BCUT2D eigenvalue weighted by molar-refractivity contribution is 5.39. The summed E-state index contributed by atoms with van der Waals surface area (Å²) >= 11 is 0. The molecule has 2 aromatic carbocycles. The molecule has 0 aliphatic carbocycles. The molecule has 2 heteroatoms. The number of hydrogen-bond acceptors (Lipinski definition) is 1. The van der Waals surface area contributed by atoms with Gasteiger partial charge in [-0.15, -0.1) is 0 Å². The van der Waals surface area contributed by atoms with Crippen LogP contribution in [0.3, 0.4) is 0 Å². The van der Waals surface area contributed by atoms with Crippen LogP contribution >= 0.6 is 0 Å². The maximum absolute atomic E-state index is 12.8. The Morgan fingerprint density at radius 1 is 1.00 bits per heavy atom. The monoisotopic (exact) mass is 258 g/mol. The molecule has 0 fully saturated rings. The van der Waals surface area contributed by atoms with Gasteiger partial charge in [0.15, 0.2) is 0 Å². The standard InChI is InChI=1S/C17H19FO/c1-4-13-11-16(9-10-17(13)12(2)3)19-15-7-5-14(18)6-8-15/h5-12H,4H2,1-3H3. The molecule has 0 heterocycles. The largest absolute Gasteiger partial charge is 0.457 e. The van der Waals surface area contributed by atoms with Crippen LogP contribution in [0.1, 0.15) is 37.8 Å². The predicted octanol–water partition coefficient (Wildman–Crippen LogP) is 5.30.